The van der Waals surface area contributed by atoms with E-state index in [2.05, 4.69) is 15.0 Å². The minimum Gasteiger partial charge on any atom is -0.493 e. The fourth-order valence-electron chi connectivity index (χ4n) is 3.60. The maximum Gasteiger partial charge on any atom is 0.387 e. The number of nitrogens with two attached hydrogens (primary N) is 1. The molecule has 200 valence electrons. The Labute approximate surface area is 219 Å². The Bertz CT molecular complexity index is 1200. The first kappa shape index (κ1) is 28.2. The molecule has 2 aromatic carbocycles. The van der Waals surface area contributed by atoms with E-state index in [0.717, 1.165) is 12.8 Å². The van der Waals surface area contributed by atoms with Crippen molar-refractivity contribution in [2.45, 2.75) is 45.9 Å². The summed E-state index contributed by atoms with van der Waals surface area (Å²) in [6.07, 6.45) is 2.10. The zero-order chi connectivity index (χ0) is 25.7. The molecule has 0 radical (unpaired) electrons. The summed E-state index contributed by atoms with van der Waals surface area (Å²) in [5.41, 5.74) is 7.45. The number of hydrogen-bond acceptors (Lipinski definition) is 7. The van der Waals surface area contributed by atoms with Gasteiger partial charge in [-0.2, -0.15) is 8.78 Å². The van der Waals surface area contributed by atoms with E-state index in [-0.39, 0.29) is 42.2 Å². The summed E-state index contributed by atoms with van der Waals surface area (Å²) >= 11 is 0. The predicted molar refractivity (Wildman–Crippen MR) is 135 cm³/mol. The molecule has 1 aliphatic carbocycles. The van der Waals surface area contributed by atoms with Crippen LogP contribution in [0.2, 0.25) is 0 Å². The molecule has 1 amide bonds. The minimum atomic E-state index is -2.98. The Kier molecular flexibility index (Phi) is 9.71. The second-order valence-electron chi connectivity index (χ2n) is 8.52. The minimum absolute atomic E-state index is 0. The molecule has 0 spiro atoms. The molecule has 1 unspecified atom stereocenters. The lowest BCUT2D eigenvalue weighted by atomic mass is 10.1. The molecule has 1 aliphatic rings. The number of nitrogens with one attached hydrogen (secondary N) is 1. The van der Waals surface area contributed by atoms with Gasteiger partial charge >= 0.3 is 6.61 Å². The monoisotopic (exact) mass is 537 g/mol. The number of benzene rings is 2. The highest BCUT2D eigenvalue weighted by atomic mass is 35.5. The molecule has 3 N–H and O–H groups in total. The SMILES string of the molecule is CCOc1ccccc1C(=O)NCc1nc(-c2ccc(OC(F)F)c(OCC3CC3)c2)oc1C(C)N.Cl. The molecule has 11 heteroatoms. The number of oxazole rings is 1. The molecule has 3 aromatic rings. The van der Waals surface area contributed by atoms with Gasteiger partial charge in [-0.15, -0.1) is 12.4 Å². The van der Waals surface area contributed by atoms with E-state index in [0.29, 0.717) is 47.5 Å². The predicted octanol–water partition coefficient (Wildman–Crippen LogP) is 5.50. The van der Waals surface area contributed by atoms with Crippen molar-refractivity contribution < 1.29 is 32.2 Å². The molecule has 0 saturated heterocycles. The number of nitrogens with zero attached hydrogens (tertiary/aromatic N) is 1. The maximum absolute atomic E-state index is 12.9. The fourth-order valence-corrected chi connectivity index (χ4v) is 3.60. The summed E-state index contributed by atoms with van der Waals surface area (Å²) in [5.74, 6) is 1.32. The number of amides is 1. The zero-order valence-corrected chi connectivity index (χ0v) is 21.4. The molecular formula is C26H30ClF2N3O5. The summed E-state index contributed by atoms with van der Waals surface area (Å²) in [6.45, 7) is 1.52. The van der Waals surface area contributed by atoms with E-state index in [9.17, 15) is 13.6 Å². The number of ether oxygens (including phenoxy) is 3. The smallest absolute Gasteiger partial charge is 0.387 e. The summed E-state index contributed by atoms with van der Waals surface area (Å²) in [4.78, 5) is 17.3. The van der Waals surface area contributed by atoms with Crippen LogP contribution in [-0.4, -0.2) is 30.7 Å². The second-order valence-corrected chi connectivity index (χ2v) is 8.52. The molecule has 37 heavy (non-hydrogen) atoms. The van der Waals surface area contributed by atoms with Crippen molar-refractivity contribution in [1.82, 2.24) is 10.3 Å². The highest BCUT2D eigenvalue weighted by Crippen LogP contribution is 2.37. The topological polar surface area (TPSA) is 109 Å². The first-order chi connectivity index (χ1) is 17.4. The van der Waals surface area contributed by atoms with Gasteiger partial charge in [-0.05, 0) is 62.9 Å². The van der Waals surface area contributed by atoms with Crippen LogP contribution in [0.3, 0.4) is 0 Å². The quantitative estimate of drug-likeness (QED) is 0.314. The number of aromatic nitrogens is 1. The number of carbonyl (C=O) groups excluding carboxylic acids is 1. The Morgan fingerprint density at radius 2 is 1.92 bits per heavy atom. The van der Waals surface area contributed by atoms with Gasteiger partial charge in [0.05, 0.1) is 31.4 Å². The van der Waals surface area contributed by atoms with Gasteiger partial charge in [-0.25, -0.2) is 4.98 Å². The Hall–Kier alpha value is -3.37. The Morgan fingerprint density at radius 3 is 2.59 bits per heavy atom. The number of hydrogen-bond donors (Lipinski definition) is 2. The van der Waals surface area contributed by atoms with Crippen LogP contribution in [0.5, 0.6) is 17.2 Å². The normalized spacial score (nSPS) is 13.6. The average Bonchev–Trinajstić information content (AvgIpc) is 3.58. The van der Waals surface area contributed by atoms with Crippen molar-refractivity contribution in [2.75, 3.05) is 13.2 Å². The molecule has 8 nitrogen and oxygen atoms in total. The van der Waals surface area contributed by atoms with Crippen molar-refractivity contribution in [3.63, 3.8) is 0 Å². The fraction of sp³-hybridized carbons (Fsp3) is 0.385. The van der Waals surface area contributed by atoms with Gasteiger partial charge in [-0.3, -0.25) is 4.79 Å². The van der Waals surface area contributed by atoms with Crippen LogP contribution in [0.4, 0.5) is 8.78 Å². The van der Waals surface area contributed by atoms with E-state index < -0.39 is 12.7 Å². The number of alkyl halides is 2. The van der Waals surface area contributed by atoms with Crippen LogP contribution in [0.15, 0.2) is 46.9 Å². The van der Waals surface area contributed by atoms with E-state index in [4.69, 9.17) is 19.6 Å². The van der Waals surface area contributed by atoms with Gasteiger partial charge in [0.2, 0.25) is 5.89 Å². The third-order valence-corrected chi connectivity index (χ3v) is 5.57. The molecule has 4 rings (SSSR count). The first-order valence-electron chi connectivity index (χ1n) is 11.8. The van der Waals surface area contributed by atoms with E-state index in [1.54, 1.807) is 43.3 Å². The molecule has 1 aromatic heterocycles. The van der Waals surface area contributed by atoms with Crippen LogP contribution in [0.25, 0.3) is 11.5 Å². The highest BCUT2D eigenvalue weighted by molar-refractivity contribution is 5.96. The molecule has 1 heterocycles. The van der Waals surface area contributed by atoms with Crippen LogP contribution >= 0.6 is 12.4 Å². The molecule has 0 bridgehead atoms. The van der Waals surface area contributed by atoms with Gasteiger partial charge in [0.15, 0.2) is 11.5 Å². The van der Waals surface area contributed by atoms with Crippen LogP contribution in [0, 0.1) is 5.92 Å². The summed E-state index contributed by atoms with van der Waals surface area (Å²) < 4.78 is 47.5. The van der Waals surface area contributed by atoms with Crippen molar-refractivity contribution in [3.8, 4) is 28.7 Å². The van der Waals surface area contributed by atoms with Gasteiger partial charge in [0.25, 0.3) is 5.91 Å². The van der Waals surface area contributed by atoms with Gasteiger partial charge in [-0.1, -0.05) is 12.1 Å². The van der Waals surface area contributed by atoms with Crippen molar-refractivity contribution in [2.24, 2.45) is 11.7 Å². The average molecular weight is 538 g/mol. The standard InChI is InChI=1S/C26H29F2N3O5.ClH/c1-3-33-20-7-5-4-6-18(20)24(32)30-13-19-23(15(2)29)36-25(31-19)17-10-11-21(35-26(27)28)22(12-17)34-14-16-8-9-16;/h4-7,10-12,15-16,26H,3,8-9,13-14,29H2,1-2H3,(H,30,32);1H. The number of para-hydroxylation sites is 1. The zero-order valence-electron chi connectivity index (χ0n) is 20.5. The molecule has 0 aliphatic heterocycles. The summed E-state index contributed by atoms with van der Waals surface area (Å²) in [6, 6.07) is 10.9. The van der Waals surface area contributed by atoms with E-state index in [1.165, 1.54) is 6.07 Å². The third kappa shape index (κ3) is 7.33. The highest BCUT2D eigenvalue weighted by Gasteiger charge is 2.24. The maximum atomic E-state index is 12.9. The van der Waals surface area contributed by atoms with E-state index in [1.807, 2.05) is 6.92 Å². The van der Waals surface area contributed by atoms with Crippen LogP contribution in [0.1, 0.15) is 54.5 Å². The van der Waals surface area contributed by atoms with Crippen molar-refractivity contribution in [1.29, 1.82) is 0 Å². The van der Waals surface area contributed by atoms with Gasteiger partial charge in [0.1, 0.15) is 17.2 Å². The van der Waals surface area contributed by atoms with Crippen molar-refractivity contribution >= 4 is 18.3 Å². The third-order valence-electron chi connectivity index (χ3n) is 5.57. The van der Waals surface area contributed by atoms with E-state index >= 15 is 0 Å². The lowest BCUT2D eigenvalue weighted by Gasteiger charge is -2.12. The van der Waals surface area contributed by atoms with Crippen molar-refractivity contribution in [3.05, 3.63) is 59.5 Å². The molecular weight excluding hydrogens is 508 g/mol. The summed E-state index contributed by atoms with van der Waals surface area (Å²) in [7, 11) is 0. The second kappa shape index (κ2) is 12.7. The Balaban J connectivity index is 0.00000380. The van der Waals surface area contributed by atoms with Gasteiger partial charge < -0.3 is 29.7 Å². The number of rotatable bonds is 12. The molecule has 1 fully saturated rings. The van der Waals surface area contributed by atoms with Crippen LogP contribution in [-0.2, 0) is 6.54 Å². The first-order valence-corrected chi connectivity index (χ1v) is 11.8. The molecule has 1 saturated carbocycles. The summed E-state index contributed by atoms with van der Waals surface area (Å²) in [5, 5.41) is 2.83. The lowest BCUT2D eigenvalue weighted by Crippen LogP contribution is -2.24. The molecule has 1 atom stereocenters. The number of carbonyl (C=O) groups is 1. The van der Waals surface area contributed by atoms with Gasteiger partial charge in [0, 0.05) is 5.56 Å². The van der Waals surface area contributed by atoms with Crippen LogP contribution < -0.4 is 25.3 Å². The Morgan fingerprint density at radius 1 is 1.16 bits per heavy atom. The number of halogens is 3. The lowest BCUT2D eigenvalue weighted by molar-refractivity contribution is -0.0515. The largest absolute Gasteiger partial charge is 0.493 e.